The van der Waals surface area contributed by atoms with E-state index in [1.54, 1.807) is 20.1 Å². The highest BCUT2D eigenvalue weighted by Gasteiger charge is 2.14. The lowest BCUT2D eigenvalue weighted by atomic mass is 10.1. The maximum absolute atomic E-state index is 11.4. The van der Waals surface area contributed by atoms with Crippen LogP contribution in [0.15, 0.2) is 52.2 Å². The van der Waals surface area contributed by atoms with Gasteiger partial charge in [0.05, 0.1) is 19.4 Å². The van der Waals surface area contributed by atoms with Crippen LogP contribution in [0.1, 0.15) is 12.5 Å². The van der Waals surface area contributed by atoms with Crippen molar-refractivity contribution in [2.24, 2.45) is 10.2 Å². The second-order valence-electron chi connectivity index (χ2n) is 3.56. The first-order chi connectivity index (χ1) is 8.74. The summed E-state index contributed by atoms with van der Waals surface area (Å²) in [6, 6.07) is 7.37. The van der Waals surface area contributed by atoms with Crippen LogP contribution < -0.4 is 4.74 Å². The van der Waals surface area contributed by atoms with E-state index in [2.05, 4.69) is 10.2 Å². The van der Waals surface area contributed by atoms with Gasteiger partial charge in [-0.3, -0.25) is 0 Å². The first-order valence-electron chi connectivity index (χ1n) is 5.56. The molecule has 1 heterocycles. The maximum atomic E-state index is 11.4. The van der Waals surface area contributed by atoms with Crippen molar-refractivity contribution in [3.05, 3.63) is 47.5 Å². The first kappa shape index (κ1) is 12.2. The lowest BCUT2D eigenvalue weighted by Gasteiger charge is -2.00. The average Bonchev–Trinajstić information content (AvgIpc) is 2.89. The fourth-order valence-electron chi connectivity index (χ4n) is 1.50. The van der Waals surface area contributed by atoms with Crippen LogP contribution >= 0.6 is 0 Å². The number of nitrogens with zero attached hydrogens (tertiary/aromatic N) is 2. The lowest BCUT2D eigenvalue weighted by molar-refractivity contribution is 0.0565. The van der Waals surface area contributed by atoms with Gasteiger partial charge in [-0.05, 0) is 31.2 Å². The zero-order valence-electron chi connectivity index (χ0n) is 10.2. The van der Waals surface area contributed by atoms with Crippen molar-refractivity contribution in [1.29, 1.82) is 0 Å². The summed E-state index contributed by atoms with van der Waals surface area (Å²) in [4.78, 5) is 0. The molecule has 0 atom stereocenters. The number of hydrogen-bond donors (Lipinski definition) is 0. The molecule has 0 saturated heterocycles. The fourth-order valence-corrected chi connectivity index (χ4v) is 1.50. The summed E-state index contributed by atoms with van der Waals surface area (Å²) in [5, 5.41) is 19.2. The fraction of sp³-hybridized carbons (Fsp3) is 0.231. The summed E-state index contributed by atoms with van der Waals surface area (Å²) < 4.78 is 9.92. The molecule has 0 aromatic heterocycles. The maximum Gasteiger partial charge on any atom is 0.358 e. The molecule has 93 valence electrons. The van der Waals surface area contributed by atoms with E-state index >= 15 is 0 Å². The number of allylic oxidation sites excluding steroid dienone is 1. The van der Waals surface area contributed by atoms with E-state index in [1.165, 1.54) is 0 Å². The zero-order chi connectivity index (χ0) is 13.0. The lowest BCUT2D eigenvalue weighted by Crippen LogP contribution is -1.90. The van der Waals surface area contributed by atoms with Crippen molar-refractivity contribution in [2.75, 3.05) is 13.7 Å². The van der Waals surface area contributed by atoms with Crippen LogP contribution in [0.3, 0.4) is 0 Å². The predicted octanol–water partition coefficient (Wildman–Crippen LogP) is 3.14. The van der Waals surface area contributed by atoms with Gasteiger partial charge in [-0.2, -0.15) is 0 Å². The molecule has 0 unspecified atom stereocenters. The molecule has 1 aliphatic heterocycles. The van der Waals surface area contributed by atoms with Crippen molar-refractivity contribution in [3.8, 4) is 5.75 Å². The third-order valence-electron chi connectivity index (χ3n) is 2.41. The van der Waals surface area contributed by atoms with Gasteiger partial charge in [0.15, 0.2) is 5.70 Å². The molecule has 5 nitrogen and oxygen atoms in total. The molecule has 1 aliphatic rings. The van der Waals surface area contributed by atoms with E-state index in [9.17, 15) is 5.11 Å². The summed E-state index contributed by atoms with van der Waals surface area (Å²) in [6.07, 6.45) is 1.61. The number of benzene rings is 1. The normalized spacial score (nSPS) is 16.4. The third-order valence-corrected chi connectivity index (χ3v) is 2.41. The van der Waals surface area contributed by atoms with Crippen molar-refractivity contribution in [1.82, 2.24) is 0 Å². The minimum absolute atomic E-state index is 0.225. The molecule has 0 aliphatic carbocycles. The Morgan fingerprint density at radius 3 is 2.56 bits per heavy atom. The van der Waals surface area contributed by atoms with Crippen LogP contribution in [0.25, 0.3) is 5.70 Å². The molecule has 2 rings (SSSR count). The second kappa shape index (κ2) is 5.35. The monoisotopic (exact) mass is 245 g/mol. The average molecular weight is 245 g/mol. The Morgan fingerprint density at radius 2 is 1.94 bits per heavy atom. The molecule has 1 radical (unpaired) electrons. The first-order valence-corrected chi connectivity index (χ1v) is 5.56. The van der Waals surface area contributed by atoms with Gasteiger partial charge in [-0.25, -0.2) is 5.11 Å². The standard InChI is InChI=1S/C13H13N2O3/c1-3-18-13(16)12-8-11(14-15-12)9-4-6-10(17-2)7-5-9/h4-8H,3H2,1-2H3. The van der Waals surface area contributed by atoms with Crippen molar-refractivity contribution < 1.29 is 14.6 Å². The number of ether oxygens (including phenoxy) is 2. The molecule has 18 heavy (non-hydrogen) atoms. The molecule has 1 aromatic rings. The van der Waals surface area contributed by atoms with Crippen LogP contribution in [-0.2, 0) is 9.84 Å². The Labute approximate surface area is 105 Å². The molecule has 1 aromatic carbocycles. The van der Waals surface area contributed by atoms with E-state index in [-0.39, 0.29) is 5.70 Å². The smallest absolute Gasteiger partial charge is 0.358 e. The molecule has 0 N–H and O–H groups in total. The molecular weight excluding hydrogens is 232 g/mol. The van der Waals surface area contributed by atoms with E-state index in [0.717, 1.165) is 11.3 Å². The van der Waals surface area contributed by atoms with Gasteiger partial charge in [0.2, 0.25) is 0 Å². The summed E-state index contributed by atoms with van der Waals surface area (Å²) in [5.41, 5.74) is 1.74. The summed E-state index contributed by atoms with van der Waals surface area (Å²) in [7, 11) is 1.61. The number of hydrogen-bond acceptors (Lipinski definition) is 4. The van der Waals surface area contributed by atoms with Crippen molar-refractivity contribution >= 4 is 5.70 Å². The van der Waals surface area contributed by atoms with Gasteiger partial charge in [-0.1, -0.05) is 0 Å². The third kappa shape index (κ3) is 2.51. The van der Waals surface area contributed by atoms with Crippen LogP contribution in [0.4, 0.5) is 0 Å². The van der Waals surface area contributed by atoms with Gasteiger partial charge in [0, 0.05) is 11.6 Å². The molecule has 0 bridgehead atoms. The van der Waals surface area contributed by atoms with Gasteiger partial charge in [0.25, 0.3) is 0 Å². The highest BCUT2D eigenvalue weighted by molar-refractivity contribution is 5.69. The van der Waals surface area contributed by atoms with Crippen molar-refractivity contribution in [2.45, 2.75) is 6.92 Å². The highest BCUT2D eigenvalue weighted by atomic mass is 16.6. The SMILES string of the molecule is CCOC([O])=C1C=C(c2ccc(OC)cc2)N=N1. The summed E-state index contributed by atoms with van der Waals surface area (Å²) in [5.74, 6) is 0.314. The molecule has 0 amide bonds. The Morgan fingerprint density at radius 1 is 1.22 bits per heavy atom. The minimum atomic E-state index is -0.454. The van der Waals surface area contributed by atoms with Crippen LogP contribution in [-0.4, -0.2) is 13.7 Å². The number of rotatable bonds is 4. The predicted molar refractivity (Wildman–Crippen MR) is 65.2 cm³/mol. The summed E-state index contributed by atoms with van der Waals surface area (Å²) in [6.45, 7) is 2.07. The topological polar surface area (TPSA) is 63.1 Å². The Kier molecular flexibility index (Phi) is 3.62. The molecule has 0 fully saturated rings. The quantitative estimate of drug-likeness (QED) is 0.765. The van der Waals surface area contributed by atoms with E-state index in [1.807, 2.05) is 24.3 Å². The van der Waals surface area contributed by atoms with Crippen molar-refractivity contribution in [3.63, 3.8) is 0 Å². The number of azo groups is 1. The van der Waals surface area contributed by atoms with Crippen LogP contribution in [0.5, 0.6) is 5.75 Å². The zero-order valence-corrected chi connectivity index (χ0v) is 10.2. The van der Waals surface area contributed by atoms with E-state index < -0.39 is 5.95 Å². The summed E-state index contributed by atoms with van der Waals surface area (Å²) >= 11 is 0. The van der Waals surface area contributed by atoms with Crippen LogP contribution in [0.2, 0.25) is 0 Å². The van der Waals surface area contributed by atoms with E-state index in [4.69, 9.17) is 9.47 Å². The highest BCUT2D eigenvalue weighted by Crippen LogP contribution is 2.28. The molecule has 0 saturated carbocycles. The Hall–Kier alpha value is -2.30. The molecule has 5 heteroatoms. The van der Waals surface area contributed by atoms with Crippen LogP contribution in [0, 0.1) is 0 Å². The van der Waals surface area contributed by atoms with Gasteiger partial charge in [-0.15, -0.1) is 10.2 Å². The number of methoxy groups -OCH3 is 1. The van der Waals surface area contributed by atoms with Gasteiger partial charge < -0.3 is 9.47 Å². The second-order valence-corrected chi connectivity index (χ2v) is 3.56. The van der Waals surface area contributed by atoms with Gasteiger partial charge >= 0.3 is 5.95 Å². The largest absolute Gasteiger partial charge is 0.497 e. The Balaban J connectivity index is 2.23. The Bertz CT molecular complexity index is 516. The minimum Gasteiger partial charge on any atom is -0.497 e. The van der Waals surface area contributed by atoms with E-state index in [0.29, 0.717) is 12.3 Å². The van der Waals surface area contributed by atoms with Gasteiger partial charge in [0.1, 0.15) is 5.75 Å². The molecular formula is C13H13N2O3. The molecule has 0 spiro atoms.